The van der Waals surface area contributed by atoms with Crippen molar-refractivity contribution in [2.75, 3.05) is 26.8 Å². The van der Waals surface area contributed by atoms with Gasteiger partial charge in [0.05, 0.1) is 12.6 Å². The number of ether oxygens (including phenoxy) is 3. The van der Waals surface area contributed by atoms with Gasteiger partial charge >= 0.3 is 12.2 Å². The van der Waals surface area contributed by atoms with Gasteiger partial charge in [-0.3, -0.25) is 0 Å². The average molecular weight is 364 g/mol. The van der Waals surface area contributed by atoms with Crippen LogP contribution in [0.25, 0.3) is 0 Å². The van der Waals surface area contributed by atoms with Crippen LogP contribution in [0.5, 0.6) is 0 Å². The maximum absolute atomic E-state index is 12.3. The lowest BCUT2D eigenvalue weighted by atomic mass is 10.1. The molecule has 0 saturated carbocycles. The minimum atomic E-state index is -0.576. The van der Waals surface area contributed by atoms with Crippen molar-refractivity contribution in [1.29, 1.82) is 0 Å². The summed E-state index contributed by atoms with van der Waals surface area (Å²) in [6, 6.07) is 9.26. The van der Waals surface area contributed by atoms with Crippen LogP contribution in [0.15, 0.2) is 30.3 Å². The number of nitrogens with one attached hydrogen (secondary N) is 1. The lowest BCUT2D eigenvalue weighted by molar-refractivity contribution is 0.0479. The summed E-state index contributed by atoms with van der Waals surface area (Å²) >= 11 is 0. The van der Waals surface area contributed by atoms with Crippen molar-refractivity contribution in [2.24, 2.45) is 5.92 Å². The Morgan fingerprint density at radius 2 is 1.88 bits per heavy atom. The smallest absolute Gasteiger partial charge is 0.410 e. The first-order chi connectivity index (χ1) is 12.3. The topological polar surface area (TPSA) is 77.1 Å². The van der Waals surface area contributed by atoms with E-state index in [1.54, 1.807) is 32.8 Å². The second-order valence-electron chi connectivity index (χ2n) is 7.41. The maximum Gasteiger partial charge on any atom is 0.410 e. The van der Waals surface area contributed by atoms with Gasteiger partial charge in [0.2, 0.25) is 0 Å². The molecule has 0 aliphatic carbocycles. The number of hydrogen-bond donors (Lipinski definition) is 1. The Kier molecular flexibility index (Phi) is 6.85. The summed E-state index contributed by atoms with van der Waals surface area (Å²) in [6.45, 7) is 6.89. The van der Waals surface area contributed by atoms with Crippen molar-refractivity contribution in [3.63, 3.8) is 0 Å². The van der Waals surface area contributed by atoms with E-state index in [0.717, 1.165) is 5.56 Å². The van der Waals surface area contributed by atoms with Crippen LogP contribution in [0.4, 0.5) is 9.59 Å². The van der Waals surface area contributed by atoms with Crippen molar-refractivity contribution in [3.05, 3.63) is 35.9 Å². The Bertz CT molecular complexity index is 600. The first kappa shape index (κ1) is 20.0. The Morgan fingerprint density at radius 3 is 2.50 bits per heavy atom. The fourth-order valence-corrected chi connectivity index (χ4v) is 2.84. The molecule has 7 nitrogen and oxygen atoms in total. The third-order valence-corrected chi connectivity index (χ3v) is 3.99. The van der Waals surface area contributed by atoms with E-state index in [0.29, 0.717) is 19.7 Å². The van der Waals surface area contributed by atoms with Gasteiger partial charge in [-0.25, -0.2) is 9.59 Å². The first-order valence-corrected chi connectivity index (χ1v) is 8.72. The minimum absolute atomic E-state index is 0.0169. The quantitative estimate of drug-likeness (QED) is 0.869. The maximum atomic E-state index is 12.3. The Balaban J connectivity index is 1.90. The standard InChI is InChI=1S/C19H28N2O5/c1-19(2,3)26-17(22)20-16-11-21(10-15(16)13-24-4)18(23)25-12-14-8-6-5-7-9-14/h5-9,15-16H,10-13H2,1-4H3,(H,20,22)/t15-,16+/m0/s1. The number of alkyl carbamates (subject to hydrolysis) is 1. The molecule has 1 aliphatic rings. The number of carbonyl (C=O) groups excluding carboxylic acids is 2. The van der Waals surface area contributed by atoms with E-state index in [4.69, 9.17) is 14.2 Å². The highest BCUT2D eigenvalue weighted by atomic mass is 16.6. The zero-order valence-electron chi connectivity index (χ0n) is 15.9. The van der Waals surface area contributed by atoms with Gasteiger partial charge in [0.15, 0.2) is 0 Å². The normalized spacial score (nSPS) is 19.9. The van der Waals surface area contributed by atoms with E-state index in [1.165, 1.54) is 0 Å². The van der Waals surface area contributed by atoms with E-state index < -0.39 is 17.8 Å². The van der Waals surface area contributed by atoms with Crippen molar-refractivity contribution >= 4 is 12.2 Å². The first-order valence-electron chi connectivity index (χ1n) is 8.72. The molecule has 2 atom stereocenters. The van der Waals surface area contributed by atoms with Crippen molar-refractivity contribution in [2.45, 2.75) is 39.0 Å². The number of hydrogen-bond acceptors (Lipinski definition) is 5. The van der Waals surface area contributed by atoms with Gasteiger partial charge in [-0.2, -0.15) is 0 Å². The molecule has 1 aromatic carbocycles. The molecule has 0 aromatic heterocycles. The molecule has 1 heterocycles. The molecule has 0 radical (unpaired) electrons. The highest BCUT2D eigenvalue weighted by Crippen LogP contribution is 2.20. The minimum Gasteiger partial charge on any atom is -0.445 e. The van der Waals surface area contributed by atoms with Crippen LogP contribution in [0.3, 0.4) is 0 Å². The molecule has 2 rings (SSSR count). The van der Waals surface area contributed by atoms with Crippen LogP contribution in [0.1, 0.15) is 26.3 Å². The molecule has 1 aliphatic heterocycles. The number of methoxy groups -OCH3 is 1. The number of likely N-dealkylation sites (tertiary alicyclic amines) is 1. The number of amides is 2. The van der Waals surface area contributed by atoms with E-state index in [9.17, 15) is 9.59 Å². The van der Waals surface area contributed by atoms with Crippen molar-refractivity contribution in [1.82, 2.24) is 10.2 Å². The average Bonchev–Trinajstić information content (AvgIpc) is 2.95. The summed E-state index contributed by atoms with van der Waals surface area (Å²) in [4.78, 5) is 26.0. The van der Waals surface area contributed by atoms with E-state index in [2.05, 4.69) is 5.32 Å². The van der Waals surface area contributed by atoms with Crippen LogP contribution in [0.2, 0.25) is 0 Å². The second kappa shape index (κ2) is 8.89. The fourth-order valence-electron chi connectivity index (χ4n) is 2.84. The summed E-state index contributed by atoms with van der Waals surface area (Å²) in [7, 11) is 1.60. The summed E-state index contributed by atoms with van der Waals surface area (Å²) < 4.78 is 15.9. The molecule has 144 valence electrons. The van der Waals surface area contributed by atoms with Crippen LogP contribution in [0, 0.1) is 5.92 Å². The molecule has 1 N–H and O–H groups in total. The molecule has 1 saturated heterocycles. The largest absolute Gasteiger partial charge is 0.445 e. The number of benzene rings is 1. The van der Waals surface area contributed by atoms with Gasteiger partial charge in [0.1, 0.15) is 12.2 Å². The zero-order chi connectivity index (χ0) is 19.2. The number of rotatable bonds is 5. The summed E-state index contributed by atoms with van der Waals surface area (Å²) in [5, 5.41) is 2.84. The van der Waals surface area contributed by atoms with Crippen LogP contribution >= 0.6 is 0 Å². The lowest BCUT2D eigenvalue weighted by Gasteiger charge is -2.23. The van der Waals surface area contributed by atoms with Crippen molar-refractivity contribution < 1.29 is 23.8 Å². The molecule has 0 spiro atoms. The van der Waals surface area contributed by atoms with Crippen LogP contribution < -0.4 is 5.32 Å². The summed E-state index contributed by atoms with van der Waals surface area (Å²) in [6.07, 6.45) is -0.897. The molecule has 26 heavy (non-hydrogen) atoms. The van der Waals surface area contributed by atoms with Gasteiger partial charge in [-0.05, 0) is 26.3 Å². The SMILES string of the molecule is COC[C@@H]1CN(C(=O)OCc2ccccc2)C[C@H]1NC(=O)OC(C)(C)C. The van der Waals surface area contributed by atoms with E-state index in [1.807, 2.05) is 30.3 Å². The lowest BCUT2D eigenvalue weighted by Crippen LogP contribution is -2.44. The van der Waals surface area contributed by atoms with Crippen LogP contribution in [-0.2, 0) is 20.8 Å². The molecular weight excluding hydrogens is 336 g/mol. The zero-order valence-corrected chi connectivity index (χ0v) is 15.9. The fraction of sp³-hybridized carbons (Fsp3) is 0.579. The van der Waals surface area contributed by atoms with Gasteiger partial charge in [0, 0.05) is 26.1 Å². The molecule has 1 aromatic rings. The van der Waals surface area contributed by atoms with Gasteiger partial charge < -0.3 is 24.4 Å². The van der Waals surface area contributed by atoms with E-state index >= 15 is 0 Å². The van der Waals surface area contributed by atoms with Gasteiger partial charge in [0.25, 0.3) is 0 Å². The van der Waals surface area contributed by atoms with Gasteiger partial charge in [-0.1, -0.05) is 30.3 Å². The number of carbonyl (C=O) groups is 2. The molecule has 1 fully saturated rings. The molecule has 0 unspecified atom stereocenters. The summed E-state index contributed by atoms with van der Waals surface area (Å²) in [5.74, 6) is -0.0169. The molecule has 0 bridgehead atoms. The molecular formula is C19H28N2O5. The Labute approximate surface area is 154 Å². The third kappa shape index (κ3) is 6.22. The summed E-state index contributed by atoms with van der Waals surface area (Å²) in [5.41, 5.74) is 0.352. The Morgan fingerprint density at radius 1 is 1.19 bits per heavy atom. The highest BCUT2D eigenvalue weighted by Gasteiger charge is 2.37. The third-order valence-electron chi connectivity index (χ3n) is 3.99. The Hall–Kier alpha value is -2.28. The predicted molar refractivity (Wildman–Crippen MR) is 96.7 cm³/mol. The molecule has 7 heteroatoms. The second-order valence-corrected chi connectivity index (χ2v) is 7.41. The molecule has 2 amide bonds. The highest BCUT2D eigenvalue weighted by molar-refractivity contribution is 5.70. The van der Waals surface area contributed by atoms with Crippen LogP contribution in [-0.4, -0.2) is 55.5 Å². The van der Waals surface area contributed by atoms with Crippen molar-refractivity contribution in [3.8, 4) is 0 Å². The van der Waals surface area contributed by atoms with Gasteiger partial charge in [-0.15, -0.1) is 0 Å². The van der Waals surface area contributed by atoms with E-state index in [-0.39, 0.29) is 18.6 Å². The predicted octanol–water partition coefficient (Wildman–Crippen LogP) is 2.79. The number of nitrogens with zero attached hydrogens (tertiary/aromatic N) is 1. The monoisotopic (exact) mass is 364 g/mol.